The van der Waals surface area contributed by atoms with Gasteiger partial charge in [-0.2, -0.15) is 0 Å². The second-order valence-electron chi connectivity index (χ2n) is 5.18. The van der Waals surface area contributed by atoms with Crippen molar-refractivity contribution >= 4 is 17.8 Å². The van der Waals surface area contributed by atoms with Gasteiger partial charge in [-0.15, -0.1) is 0 Å². The van der Waals surface area contributed by atoms with E-state index in [4.69, 9.17) is 0 Å². The summed E-state index contributed by atoms with van der Waals surface area (Å²) < 4.78 is 0. The quantitative estimate of drug-likeness (QED) is 0.884. The first-order valence-corrected chi connectivity index (χ1v) is 7.04. The summed E-state index contributed by atoms with van der Waals surface area (Å²) >= 11 is 0. The lowest BCUT2D eigenvalue weighted by atomic mass is 10.1. The Bertz CT molecular complexity index is 746. The maximum absolute atomic E-state index is 12.3. The van der Waals surface area contributed by atoms with E-state index in [1.54, 1.807) is 42.3 Å². The van der Waals surface area contributed by atoms with Crippen molar-refractivity contribution < 1.29 is 9.90 Å². The molecule has 0 atom stereocenters. The molecular formula is C18H16N2O2. The van der Waals surface area contributed by atoms with Crippen molar-refractivity contribution in [3.63, 3.8) is 0 Å². The number of hydrogen-bond donors (Lipinski definition) is 1. The van der Waals surface area contributed by atoms with E-state index in [1.807, 2.05) is 30.3 Å². The van der Waals surface area contributed by atoms with Crippen molar-refractivity contribution in [3.8, 4) is 5.75 Å². The Hall–Kier alpha value is -2.88. The van der Waals surface area contributed by atoms with Gasteiger partial charge in [0.1, 0.15) is 17.3 Å². The van der Waals surface area contributed by atoms with Crippen LogP contribution in [0.15, 0.2) is 65.3 Å². The van der Waals surface area contributed by atoms with Gasteiger partial charge < -0.3 is 5.11 Å². The van der Waals surface area contributed by atoms with Crippen LogP contribution in [0.1, 0.15) is 11.1 Å². The molecule has 0 saturated carbocycles. The first kappa shape index (κ1) is 14.1. The predicted molar refractivity (Wildman–Crippen MR) is 86.4 cm³/mol. The minimum absolute atomic E-state index is 0.112. The fourth-order valence-corrected chi connectivity index (χ4v) is 2.31. The molecule has 2 aromatic rings. The SMILES string of the molecule is CN1C(=O)/C(=C\c2ccc(O)cc2)N=C1Cc1ccccc1. The molecule has 1 N–H and O–H groups in total. The van der Waals surface area contributed by atoms with Crippen LogP contribution in [-0.4, -0.2) is 28.8 Å². The molecule has 110 valence electrons. The lowest BCUT2D eigenvalue weighted by molar-refractivity contribution is -0.121. The van der Waals surface area contributed by atoms with Crippen molar-refractivity contribution in [2.45, 2.75) is 6.42 Å². The monoisotopic (exact) mass is 292 g/mol. The van der Waals surface area contributed by atoms with E-state index in [2.05, 4.69) is 4.99 Å². The molecule has 4 nitrogen and oxygen atoms in total. The molecule has 1 amide bonds. The molecule has 1 aliphatic rings. The fraction of sp³-hybridized carbons (Fsp3) is 0.111. The smallest absolute Gasteiger partial charge is 0.277 e. The van der Waals surface area contributed by atoms with Crippen molar-refractivity contribution in [1.82, 2.24) is 4.90 Å². The first-order valence-electron chi connectivity index (χ1n) is 7.04. The van der Waals surface area contributed by atoms with Gasteiger partial charge in [-0.25, -0.2) is 4.99 Å². The molecule has 1 heterocycles. The van der Waals surface area contributed by atoms with Crippen LogP contribution in [0.3, 0.4) is 0 Å². The van der Waals surface area contributed by atoms with Gasteiger partial charge in [0.15, 0.2) is 0 Å². The van der Waals surface area contributed by atoms with Crippen LogP contribution in [0.5, 0.6) is 5.75 Å². The van der Waals surface area contributed by atoms with E-state index in [-0.39, 0.29) is 11.7 Å². The molecule has 0 radical (unpaired) electrons. The van der Waals surface area contributed by atoms with Crippen LogP contribution < -0.4 is 0 Å². The number of carbonyl (C=O) groups is 1. The Morgan fingerprint density at radius 3 is 2.45 bits per heavy atom. The Morgan fingerprint density at radius 2 is 1.77 bits per heavy atom. The number of rotatable bonds is 3. The van der Waals surface area contributed by atoms with Crippen LogP contribution in [0.25, 0.3) is 6.08 Å². The molecule has 0 bridgehead atoms. The average molecular weight is 292 g/mol. The van der Waals surface area contributed by atoms with Crippen molar-refractivity contribution in [3.05, 3.63) is 71.4 Å². The summed E-state index contributed by atoms with van der Waals surface area (Å²) in [6, 6.07) is 16.6. The number of amides is 1. The van der Waals surface area contributed by atoms with Crippen LogP contribution in [-0.2, 0) is 11.2 Å². The van der Waals surface area contributed by atoms with Crippen molar-refractivity contribution in [1.29, 1.82) is 0 Å². The van der Waals surface area contributed by atoms with Gasteiger partial charge in [0.05, 0.1) is 0 Å². The summed E-state index contributed by atoms with van der Waals surface area (Å²) in [6.07, 6.45) is 2.35. The highest BCUT2D eigenvalue weighted by Gasteiger charge is 2.26. The number of hydrogen-bond acceptors (Lipinski definition) is 3. The van der Waals surface area contributed by atoms with Gasteiger partial charge in [-0.3, -0.25) is 9.69 Å². The Balaban J connectivity index is 1.86. The van der Waals surface area contributed by atoms with Crippen molar-refractivity contribution in [2.24, 2.45) is 4.99 Å². The lowest BCUT2D eigenvalue weighted by Gasteiger charge is -2.11. The molecule has 3 rings (SSSR count). The molecule has 4 heteroatoms. The predicted octanol–water partition coefficient (Wildman–Crippen LogP) is 2.85. The highest BCUT2D eigenvalue weighted by molar-refractivity contribution is 6.14. The van der Waals surface area contributed by atoms with Gasteiger partial charge in [-0.05, 0) is 29.3 Å². The van der Waals surface area contributed by atoms with E-state index in [0.29, 0.717) is 12.1 Å². The summed E-state index contributed by atoms with van der Waals surface area (Å²) in [5.41, 5.74) is 2.37. The molecule has 0 fully saturated rings. The third kappa shape index (κ3) is 2.91. The summed E-state index contributed by atoms with van der Waals surface area (Å²) in [4.78, 5) is 18.3. The normalized spacial score (nSPS) is 16.2. The summed E-state index contributed by atoms with van der Waals surface area (Å²) in [6.45, 7) is 0. The number of benzene rings is 2. The molecule has 0 aliphatic carbocycles. The first-order chi connectivity index (χ1) is 10.6. The zero-order valence-electron chi connectivity index (χ0n) is 12.2. The van der Waals surface area contributed by atoms with Gasteiger partial charge in [-0.1, -0.05) is 42.5 Å². The van der Waals surface area contributed by atoms with Crippen LogP contribution >= 0.6 is 0 Å². The number of amidine groups is 1. The maximum Gasteiger partial charge on any atom is 0.277 e. The van der Waals surface area contributed by atoms with E-state index < -0.39 is 0 Å². The van der Waals surface area contributed by atoms with E-state index in [0.717, 1.165) is 17.0 Å². The lowest BCUT2D eigenvalue weighted by Crippen LogP contribution is -2.28. The molecular weight excluding hydrogens is 276 g/mol. The Morgan fingerprint density at radius 1 is 1.09 bits per heavy atom. The third-order valence-electron chi connectivity index (χ3n) is 3.56. The summed E-state index contributed by atoms with van der Waals surface area (Å²) in [5.74, 6) is 0.825. The van der Waals surface area contributed by atoms with Gasteiger partial charge in [0.25, 0.3) is 5.91 Å². The molecule has 0 aromatic heterocycles. The van der Waals surface area contributed by atoms with E-state index in [1.165, 1.54) is 0 Å². The van der Waals surface area contributed by atoms with Gasteiger partial charge >= 0.3 is 0 Å². The fourth-order valence-electron chi connectivity index (χ4n) is 2.31. The molecule has 0 saturated heterocycles. The Kier molecular flexibility index (Phi) is 3.74. The second-order valence-corrected chi connectivity index (χ2v) is 5.18. The van der Waals surface area contributed by atoms with Crippen LogP contribution in [0, 0.1) is 0 Å². The highest BCUT2D eigenvalue weighted by Crippen LogP contribution is 2.20. The average Bonchev–Trinajstić information content (AvgIpc) is 2.79. The van der Waals surface area contributed by atoms with Crippen LogP contribution in [0.4, 0.5) is 0 Å². The molecule has 1 aliphatic heterocycles. The molecule has 2 aromatic carbocycles. The second kappa shape index (κ2) is 5.85. The minimum atomic E-state index is -0.112. The highest BCUT2D eigenvalue weighted by atomic mass is 16.3. The Labute approximate surface area is 129 Å². The van der Waals surface area contributed by atoms with Gasteiger partial charge in [0.2, 0.25) is 0 Å². The summed E-state index contributed by atoms with van der Waals surface area (Å²) in [5, 5.41) is 9.29. The number of aliphatic imine (C=N–C) groups is 1. The summed E-state index contributed by atoms with van der Waals surface area (Å²) in [7, 11) is 1.74. The topological polar surface area (TPSA) is 52.9 Å². The standard InChI is InChI=1S/C18H16N2O2/c1-20-17(12-13-5-3-2-4-6-13)19-16(18(20)22)11-14-7-9-15(21)10-8-14/h2-11,21H,12H2,1H3/b16-11+. The molecule has 22 heavy (non-hydrogen) atoms. The number of likely N-dealkylation sites (N-methyl/N-ethyl adjacent to an activating group) is 1. The maximum atomic E-state index is 12.3. The van der Waals surface area contributed by atoms with Crippen LogP contribution in [0.2, 0.25) is 0 Å². The third-order valence-corrected chi connectivity index (χ3v) is 3.56. The van der Waals surface area contributed by atoms with Gasteiger partial charge in [0, 0.05) is 13.5 Å². The number of nitrogens with zero attached hydrogens (tertiary/aromatic N) is 2. The zero-order chi connectivity index (χ0) is 15.5. The molecule has 0 spiro atoms. The zero-order valence-corrected chi connectivity index (χ0v) is 12.2. The van der Waals surface area contributed by atoms with E-state index >= 15 is 0 Å². The number of carbonyl (C=O) groups excluding carboxylic acids is 1. The molecule has 0 unspecified atom stereocenters. The minimum Gasteiger partial charge on any atom is -0.508 e. The number of phenolic OH excluding ortho intramolecular Hbond substituents is 1. The number of phenols is 1. The largest absolute Gasteiger partial charge is 0.508 e. The number of aromatic hydroxyl groups is 1. The van der Waals surface area contributed by atoms with Crippen molar-refractivity contribution in [2.75, 3.05) is 7.05 Å². The van der Waals surface area contributed by atoms with E-state index in [9.17, 15) is 9.90 Å².